The molecular weight excluding hydrogens is 425 g/mol. The molecule has 1 aliphatic rings. The van der Waals surface area contributed by atoms with Crippen LogP contribution in [0, 0.1) is 6.92 Å². The first-order chi connectivity index (χ1) is 14.4. The number of hydrogen-bond donors (Lipinski definition) is 1. The smallest absolute Gasteiger partial charge is 0.413 e. The zero-order chi connectivity index (χ0) is 23.0. The van der Waals surface area contributed by atoms with Crippen molar-refractivity contribution in [3.05, 3.63) is 40.3 Å². The number of likely N-dealkylation sites (tertiary alicyclic amines) is 1. The van der Waals surface area contributed by atoms with Crippen LogP contribution in [0.25, 0.3) is 0 Å². The molecule has 8 nitrogen and oxygen atoms in total. The fourth-order valence-electron chi connectivity index (χ4n) is 3.69. The monoisotopic (exact) mass is 451 g/mol. The average molecular weight is 452 g/mol. The molecule has 3 heterocycles. The second kappa shape index (κ2) is 8.45. The van der Waals surface area contributed by atoms with Gasteiger partial charge in [-0.05, 0) is 52.2 Å². The van der Waals surface area contributed by atoms with E-state index < -0.39 is 23.3 Å². The van der Waals surface area contributed by atoms with E-state index in [0.717, 1.165) is 0 Å². The highest BCUT2D eigenvalue weighted by atomic mass is 35.5. The first kappa shape index (κ1) is 23.0. The molecule has 1 atom stereocenters. The molecule has 0 radical (unpaired) electrons. The second-order valence-corrected chi connectivity index (χ2v) is 9.24. The van der Waals surface area contributed by atoms with Gasteiger partial charge in [-0.2, -0.15) is 5.10 Å². The number of piperidine rings is 1. The summed E-state index contributed by atoms with van der Waals surface area (Å²) in [4.78, 5) is 31.0. The molecular formula is C21H27ClFN5O3. The Kier molecular flexibility index (Phi) is 6.27. The number of carbonyl (C=O) groups is 2. The molecule has 10 heteroatoms. The zero-order valence-electron chi connectivity index (χ0n) is 18.3. The van der Waals surface area contributed by atoms with Crippen molar-refractivity contribution in [2.75, 3.05) is 18.4 Å². The van der Waals surface area contributed by atoms with Crippen LogP contribution in [0.1, 0.15) is 55.2 Å². The summed E-state index contributed by atoms with van der Waals surface area (Å²) < 4.78 is 22.6. The number of hydrogen-bond acceptors (Lipinski definition) is 5. The van der Waals surface area contributed by atoms with Crippen molar-refractivity contribution < 1.29 is 18.7 Å². The van der Waals surface area contributed by atoms with Gasteiger partial charge in [-0.3, -0.25) is 19.8 Å². The molecule has 1 saturated heterocycles. The Morgan fingerprint density at radius 3 is 2.71 bits per heavy atom. The number of carbonyl (C=O) groups excluding carboxylic acids is 2. The molecule has 2 aromatic rings. The maximum absolute atomic E-state index is 15.9. The number of anilines is 1. The Balaban J connectivity index is 1.82. The van der Waals surface area contributed by atoms with E-state index in [-0.39, 0.29) is 30.0 Å². The van der Waals surface area contributed by atoms with E-state index >= 15 is 4.39 Å². The van der Waals surface area contributed by atoms with Crippen molar-refractivity contribution in [2.24, 2.45) is 7.05 Å². The van der Waals surface area contributed by atoms with Crippen LogP contribution >= 0.6 is 11.6 Å². The van der Waals surface area contributed by atoms with Gasteiger partial charge in [0.2, 0.25) is 0 Å². The van der Waals surface area contributed by atoms with Gasteiger partial charge < -0.3 is 9.64 Å². The molecule has 0 saturated carbocycles. The highest BCUT2D eigenvalue weighted by Gasteiger charge is 2.42. The van der Waals surface area contributed by atoms with Crippen LogP contribution < -0.4 is 5.32 Å². The molecule has 2 amide bonds. The molecule has 1 fully saturated rings. The molecule has 0 aromatic carbocycles. The van der Waals surface area contributed by atoms with E-state index in [9.17, 15) is 9.59 Å². The zero-order valence-corrected chi connectivity index (χ0v) is 19.1. The van der Waals surface area contributed by atoms with Gasteiger partial charge in [-0.1, -0.05) is 11.6 Å². The molecule has 1 N–H and O–H groups in total. The number of pyridine rings is 1. The number of ether oxygens (including phenoxy) is 1. The Morgan fingerprint density at radius 1 is 1.35 bits per heavy atom. The highest BCUT2D eigenvalue weighted by molar-refractivity contribution is 6.30. The summed E-state index contributed by atoms with van der Waals surface area (Å²) in [6.07, 6.45) is 2.91. The maximum Gasteiger partial charge on any atom is 0.413 e. The van der Waals surface area contributed by atoms with Gasteiger partial charge in [0, 0.05) is 26.0 Å². The number of rotatable bonds is 3. The summed E-state index contributed by atoms with van der Waals surface area (Å²) in [5.41, 5.74) is -1.40. The first-order valence-electron chi connectivity index (χ1n) is 10.0. The van der Waals surface area contributed by atoms with E-state index in [4.69, 9.17) is 16.3 Å². The van der Waals surface area contributed by atoms with E-state index in [1.807, 2.05) is 0 Å². The fraction of sp³-hybridized carbons (Fsp3) is 0.524. The van der Waals surface area contributed by atoms with Crippen LogP contribution in [0.15, 0.2) is 18.5 Å². The highest BCUT2D eigenvalue weighted by Crippen LogP contribution is 2.37. The van der Waals surface area contributed by atoms with E-state index in [0.29, 0.717) is 23.6 Å². The third-order valence-electron chi connectivity index (χ3n) is 4.88. The van der Waals surface area contributed by atoms with Crippen molar-refractivity contribution >= 4 is 29.4 Å². The number of nitrogens with zero attached hydrogens (tertiary/aromatic N) is 4. The van der Waals surface area contributed by atoms with Crippen molar-refractivity contribution in [1.29, 1.82) is 0 Å². The van der Waals surface area contributed by atoms with Crippen LogP contribution in [0.3, 0.4) is 0 Å². The molecule has 0 aliphatic carbocycles. The van der Waals surface area contributed by atoms with E-state index in [1.165, 1.54) is 22.0 Å². The Hall–Kier alpha value is -2.68. The number of amides is 2. The maximum atomic E-state index is 15.9. The predicted octanol–water partition coefficient (Wildman–Crippen LogP) is 4.22. The molecule has 0 bridgehead atoms. The third-order valence-corrected chi connectivity index (χ3v) is 5.08. The lowest BCUT2D eigenvalue weighted by Crippen LogP contribution is -2.47. The van der Waals surface area contributed by atoms with Crippen LogP contribution in [0.4, 0.5) is 15.0 Å². The third kappa shape index (κ3) is 5.33. The number of nitrogens with one attached hydrogen (secondary N) is 1. The summed E-state index contributed by atoms with van der Waals surface area (Å²) in [6, 6.07) is 1.66. The van der Waals surface area contributed by atoms with Gasteiger partial charge in [0.25, 0.3) is 5.91 Å². The van der Waals surface area contributed by atoms with Crippen LogP contribution in [0.2, 0.25) is 5.02 Å². The molecule has 2 aromatic heterocycles. The Labute approximate surface area is 185 Å². The lowest BCUT2D eigenvalue weighted by Gasteiger charge is -2.37. The van der Waals surface area contributed by atoms with Crippen molar-refractivity contribution in [2.45, 2.75) is 51.8 Å². The minimum absolute atomic E-state index is 0.0672. The molecule has 1 aliphatic heterocycles. The summed E-state index contributed by atoms with van der Waals surface area (Å²) in [5, 5.41) is 7.10. The molecule has 0 spiro atoms. The topological polar surface area (TPSA) is 89.4 Å². The number of aryl methyl sites for hydroxylation is 2. The standard InChI is InChI=1S/C21H27ClFN5O3/c1-13-9-14(22)10-24-16(13)21(23)7-6-8-28(12-21)18(29)15-11-27(5)26-17(15)25-19(30)31-20(2,3)4/h9-11H,6-8,12H2,1-5H3,(H,25,26,30). The number of halogens is 2. The predicted molar refractivity (Wildman–Crippen MR) is 115 cm³/mol. The largest absolute Gasteiger partial charge is 0.444 e. The summed E-state index contributed by atoms with van der Waals surface area (Å²) in [5.74, 6) is -0.356. The van der Waals surface area contributed by atoms with Gasteiger partial charge in [-0.15, -0.1) is 0 Å². The average Bonchev–Trinajstić information content (AvgIpc) is 2.99. The fourth-order valence-corrected chi connectivity index (χ4v) is 3.91. The summed E-state index contributed by atoms with van der Waals surface area (Å²) >= 11 is 5.96. The Bertz CT molecular complexity index is 1000. The molecule has 1 unspecified atom stereocenters. The van der Waals surface area contributed by atoms with Gasteiger partial charge in [-0.25, -0.2) is 9.18 Å². The SMILES string of the molecule is Cc1cc(Cl)cnc1C1(F)CCCN(C(=O)c2cn(C)nc2NC(=O)OC(C)(C)C)C1. The van der Waals surface area contributed by atoms with Gasteiger partial charge >= 0.3 is 6.09 Å². The van der Waals surface area contributed by atoms with E-state index in [2.05, 4.69) is 15.4 Å². The molecule has 3 rings (SSSR count). The van der Waals surface area contributed by atoms with Crippen molar-refractivity contribution in [3.8, 4) is 0 Å². The minimum atomic E-state index is -1.79. The van der Waals surface area contributed by atoms with Gasteiger partial charge in [0.1, 0.15) is 11.2 Å². The van der Waals surface area contributed by atoms with Crippen molar-refractivity contribution in [1.82, 2.24) is 19.7 Å². The normalized spacial score (nSPS) is 19.3. The lowest BCUT2D eigenvalue weighted by atomic mass is 9.88. The Morgan fingerprint density at radius 2 is 2.06 bits per heavy atom. The quantitative estimate of drug-likeness (QED) is 0.754. The second-order valence-electron chi connectivity index (χ2n) is 8.81. The first-order valence-corrected chi connectivity index (χ1v) is 10.4. The van der Waals surface area contributed by atoms with Gasteiger partial charge in [0.05, 0.1) is 17.3 Å². The van der Waals surface area contributed by atoms with Gasteiger partial charge in [0.15, 0.2) is 11.5 Å². The molecule has 168 valence electrons. The number of aromatic nitrogens is 3. The minimum Gasteiger partial charge on any atom is -0.444 e. The van der Waals surface area contributed by atoms with Crippen LogP contribution in [-0.2, 0) is 17.5 Å². The van der Waals surface area contributed by atoms with Crippen LogP contribution in [-0.4, -0.2) is 50.4 Å². The lowest BCUT2D eigenvalue weighted by molar-refractivity contribution is 0.0302. The molecule has 31 heavy (non-hydrogen) atoms. The summed E-state index contributed by atoms with van der Waals surface area (Å²) in [7, 11) is 1.63. The summed E-state index contributed by atoms with van der Waals surface area (Å²) in [6.45, 7) is 7.19. The van der Waals surface area contributed by atoms with Crippen LogP contribution in [0.5, 0.6) is 0 Å². The van der Waals surface area contributed by atoms with E-state index in [1.54, 1.807) is 40.8 Å². The number of alkyl halides is 1. The van der Waals surface area contributed by atoms with Crippen molar-refractivity contribution in [3.63, 3.8) is 0 Å².